The fraction of sp³-hybridized carbons (Fsp3) is 0.533. The molecule has 0 saturated carbocycles. The van der Waals surface area contributed by atoms with Crippen molar-refractivity contribution in [3.63, 3.8) is 0 Å². The van der Waals surface area contributed by atoms with Crippen molar-refractivity contribution < 1.29 is 9.53 Å². The van der Waals surface area contributed by atoms with Gasteiger partial charge in [-0.2, -0.15) is 0 Å². The molecule has 0 aliphatic carbocycles. The molecule has 2 atom stereocenters. The topological polar surface area (TPSA) is 50.4 Å². The molecule has 0 aromatic heterocycles. The lowest BCUT2D eigenvalue weighted by molar-refractivity contribution is 0.0508. The van der Waals surface area contributed by atoms with Gasteiger partial charge in [0.05, 0.1) is 0 Å². The second kappa shape index (κ2) is 5.61. The molecule has 2 rings (SSSR count). The van der Waals surface area contributed by atoms with Crippen LogP contribution in [0.2, 0.25) is 0 Å². The molecule has 1 amide bonds. The Hall–Kier alpha value is -1.55. The lowest BCUT2D eigenvalue weighted by Gasteiger charge is -2.21. The van der Waals surface area contributed by atoms with Crippen molar-refractivity contribution in [3.8, 4) is 0 Å². The van der Waals surface area contributed by atoms with Crippen LogP contribution in [0.5, 0.6) is 0 Å². The molecule has 2 unspecified atom stereocenters. The Morgan fingerprint density at radius 3 is 2.63 bits per heavy atom. The number of hydrogen-bond donors (Lipinski definition) is 2. The van der Waals surface area contributed by atoms with Crippen molar-refractivity contribution in [3.05, 3.63) is 35.9 Å². The normalized spacial score (nSPS) is 23.1. The highest BCUT2D eigenvalue weighted by atomic mass is 16.6. The minimum atomic E-state index is -0.449. The van der Waals surface area contributed by atoms with E-state index in [0.717, 1.165) is 13.0 Å². The maximum absolute atomic E-state index is 11.7. The molecule has 0 spiro atoms. The molecule has 1 aromatic rings. The van der Waals surface area contributed by atoms with E-state index < -0.39 is 5.60 Å². The van der Waals surface area contributed by atoms with Crippen LogP contribution in [0.1, 0.15) is 38.8 Å². The van der Waals surface area contributed by atoms with Crippen molar-refractivity contribution in [2.75, 3.05) is 6.54 Å². The van der Waals surface area contributed by atoms with E-state index >= 15 is 0 Å². The summed E-state index contributed by atoms with van der Waals surface area (Å²) in [5.74, 6) is 0. The average molecular weight is 262 g/mol. The van der Waals surface area contributed by atoms with E-state index in [2.05, 4.69) is 22.8 Å². The summed E-state index contributed by atoms with van der Waals surface area (Å²) in [7, 11) is 0. The molecule has 104 valence electrons. The van der Waals surface area contributed by atoms with Gasteiger partial charge in [0, 0.05) is 18.6 Å². The third kappa shape index (κ3) is 4.24. The van der Waals surface area contributed by atoms with E-state index in [0.29, 0.717) is 6.04 Å². The van der Waals surface area contributed by atoms with Crippen molar-refractivity contribution in [1.82, 2.24) is 10.6 Å². The van der Waals surface area contributed by atoms with Gasteiger partial charge in [-0.25, -0.2) is 4.79 Å². The standard InChI is InChI=1S/C15H22N2O2/c1-15(2,3)19-14(18)17-12-9-13(16-10-12)11-7-5-4-6-8-11/h4-8,12-13,16H,9-10H2,1-3H3,(H,17,18). The van der Waals surface area contributed by atoms with Gasteiger partial charge < -0.3 is 15.4 Å². The third-order valence-electron chi connectivity index (χ3n) is 3.05. The van der Waals surface area contributed by atoms with Crippen LogP contribution in [0, 0.1) is 0 Å². The average Bonchev–Trinajstić information content (AvgIpc) is 2.76. The zero-order valence-corrected chi connectivity index (χ0v) is 11.8. The number of hydrogen-bond acceptors (Lipinski definition) is 3. The SMILES string of the molecule is CC(C)(C)OC(=O)NC1CNC(c2ccccc2)C1. The highest BCUT2D eigenvalue weighted by molar-refractivity contribution is 5.68. The monoisotopic (exact) mass is 262 g/mol. The highest BCUT2D eigenvalue weighted by Gasteiger charge is 2.27. The molecular weight excluding hydrogens is 240 g/mol. The van der Waals surface area contributed by atoms with Gasteiger partial charge in [-0.3, -0.25) is 0 Å². The summed E-state index contributed by atoms with van der Waals surface area (Å²) < 4.78 is 5.26. The Morgan fingerprint density at radius 1 is 1.32 bits per heavy atom. The van der Waals surface area contributed by atoms with E-state index in [1.54, 1.807) is 0 Å². The Labute approximate surface area is 114 Å². The van der Waals surface area contributed by atoms with E-state index in [1.807, 2.05) is 39.0 Å². The number of amides is 1. The maximum atomic E-state index is 11.7. The van der Waals surface area contributed by atoms with Crippen molar-refractivity contribution in [2.45, 2.75) is 44.9 Å². The first-order valence-electron chi connectivity index (χ1n) is 6.72. The van der Waals surface area contributed by atoms with Gasteiger partial charge in [0.15, 0.2) is 0 Å². The summed E-state index contributed by atoms with van der Waals surface area (Å²) in [6.45, 7) is 6.38. The smallest absolute Gasteiger partial charge is 0.407 e. The van der Waals surface area contributed by atoms with Crippen LogP contribution >= 0.6 is 0 Å². The molecule has 0 radical (unpaired) electrons. The van der Waals surface area contributed by atoms with Crippen molar-refractivity contribution in [1.29, 1.82) is 0 Å². The van der Waals surface area contributed by atoms with Gasteiger partial charge >= 0.3 is 6.09 Å². The quantitative estimate of drug-likeness (QED) is 0.861. The summed E-state index contributed by atoms with van der Waals surface area (Å²) >= 11 is 0. The number of carbonyl (C=O) groups excluding carboxylic acids is 1. The summed E-state index contributed by atoms with van der Waals surface area (Å²) in [6, 6.07) is 10.7. The summed E-state index contributed by atoms with van der Waals surface area (Å²) in [5, 5.41) is 6.33. The van der Waals surface area contributed by atoms with Crippen LogP contribution in [-0.4, -0.2) is 24.3 Å². The summed E-state index contributed by atoms with van der Waals surface area (Å²) in [4.78, 5) is 11.7. The zero-order valence-electron chi connectivity index (χ0n) is 11.8. The second-order valence-corrected chi connectivity index (χ2v) is 5.95. The van der Waals surface area contributed by atoms with E-state index in [1.165, 1.54) is 5.56 Å². The fourth-order valence-corrected chi connectivity index (χ4v) is 2.26. The highest BCUT2D eigenvalue weighted by Crippen LogP contribution is 2.23. The number of carbonyl (C=O) groups is 1. The molecule has 1 aliphatic rings. The lowest BCUT2D eigenvalue weighted by Crippen LogP contribution is -2.40. The summed E-state index contributed by atoms with van der Waals surface area (Å²) in [5.41, 5.74) is 0.811. The number of nitrogens with one attached hydrogen (secondary N) is 2. The van der Waals surface area contributed by atoms with Crippen LogP contribution in [-0.2, 0) is 4.74 Å². The first kappa shape index (κ1) is 13.9. The molecule has 4 heteroatoms. The minimum absolute atomic E-state index is 0.125. The minimum Gasteiger partial charge on any atom is -0.444 e. The molecule has 2 N–H and O–H groups in total. The van der Waals surface area contributed by atoms with Gasteiger partial charge in [-0.1, -0.05) is 30.3 Å². The Bertz CT molecular complexity index is 426. The van der Waals surface area contributed by atoms with Gasteiger partial charge in [-0.15, -0.1) is 0 Å². The fourth-order valence-electron chi connectivity index (χ4n) is 2.26. The molecule has 1 fully saturated rings. The molecule has 1 aromatic carbocycles. The first-order valence-corrected chi connectivity index (χ1v) is 6.72. The lowest BCUT2D eigenvalue weighted by atomic mass is 10.0. The van der Waals surface area contributed by atoms with Gasteiger partial charge in [0.25, 0.3) is 0 Å². The number of rotatable bonds is 2. The third-order valence-corrected chi connectivity index (χ3v) is 3.05. The van der Waals surface area contributed by atoms with Crippen LogP contribution in [0.4, 0.5) is 4.79 Å². The van der Waals surface area contributed by atoms with Gasteiger partial charge in [0.2, 0.25) is 0 Å². The predicted molar refractivity (Wildman–Crippen MR) is 75.0 cm³/mol. The van der Waals surface area contributed by atoms with Crippen molar-refractivity contribution in [2.24, 2.45) is 0 Å². The largest absolute Gasteiger partial charge is 0.444 e. The van der Waals surface area contributed by atoms with Crippen LogP contribution in [0.15, 0.2) is 30.3 Å². The van der Waals surface area contributed by atoms with Gasteiger partial charge in [0.1, 0.15) is 5.60 Å². The predicted octanol–water partition coefficient (Wildman–Crippen LogP) is 2.61. The zero-order chi connectivity index (χ0) is 13.9. The maximum Gasteiger partial charge on any atom is 0.407 e. The van der Waals surface area contributed by atoms with Crippen LogP contribution < -0.4 is 10.6 Å². The van der Waals surface area contributed by atoms with E-state index in [-0.39, 0.29) is 12.1 Å². The Morgan fingerprint density at radius 2 is 2.00 bits per heavy atom. The number of alkyl carbamates (subject to hydrolysis) is 1. The Balaban J connectivity index is 1.84. The van der Waals surface area contributed by atoms with E-state index in [9.17, 15) is 4.79 Å². The molecule has 19 heavy (non-hydrogen) atoms. The number of benzene rings is 1. The van der Waals surface area contributed by atoms with E-state index in [4.69, 9.17) is 4.74 Å². The molecule has 1 saturated heterocycles. The Kier molecular flexibility index (Phi) is 4.10. The number of ether oxygens (including phenoxy) is 1. The first-order chi connectivity index (χ1) is 8.94. The van der Waals surface area contributed by atoms with Crippen LogP contribution in [0.25, 0.3) is 0 Å². The van der Waals surface area contributed by atoms with Crippen molar-refractivity contribution >= 4 is 6.09 Å². The van der Waals surface area contributed by atoms with Crippen LogP contribution in [0.3, 0.4) is 0 Å². The summed E-state index contributed by atoms with van der Waals surface area (Å²) in [6.07, 6.45) is 0.552. The molecular formula is C15H22N2O2. The second-order valence-electron chi connectivity index (χ2n) is 5.95. The molecule has 4 nitrogen and oxygen atoms in total. The molecule has 1 heterocycles. The van der Waals surface area contributed by atoms with Gasteiger partial charge in [-0.05, 0) is 32.8 Å². The molecule has 0 bridgehead atoms. The molecule has 1 aliphatic heterocycles.